The van der Waals surface area contributed by atoms with E-state index >= 15 is 0 Å². The lowest BCUT2D eigenvalue weighted by atomic mass is 10.0. The van der Waals surface area contributed by atoms with Gasteiger partial charge in [0.25, 0.3) is 5.92 Å². The number of amides is 1. The molecule has 3 nitrogen and oxygen atoms in total. The van der Waals surface area contributed by atoms with E-state index in [1.54, 1.807) is 6.08 Å². The lowest BCUT2D eigenvalue weighted by Gasteiger charge is -2.29. The molecule has 0 bridgehead atoms. The standard InChI is InChI=1S/C9H11F2NO2/c10-9(11)4-2-1-3-5-12-7(9)6-14-8(12)13/h1-2,7H,3-6H2/b2-1-/t7-/m1/s1. The summed E-state index contributed by atoms with van der Waals surface area (Å²) in [6.07, 6.45) is 2.83. The second-order valence-corrected chi connectivity index (χ2v) is 3.51. The Hall–Kier alpha value is -1.13. The van der Waals surface area contributed by atoms with Gasteiger partial charge in [0.1, 0.15) is 12.6 Å². The van der Waals surface area contributed by atoms with Gasteiger partial charge in [-0.05, 0) is 6.42 Å². The summed E-state index contributed by atoms with van der Waals surface area (Å²) in [5.74, 6) is -2.87. The fraction of sp³-hybridized carbons (Fsp3) is 0.667. The Labute approximate surface area is 80.3 Å². The van der Waals surface area contributed by atoms with Crippen LogP contribution in [0.4, 0.5) is 13.6 Å². The molecule has 1 amide bonds. The van der Waals surface area contributed by atoms with E-state index in [4.69, 9.17) is 0 Å². The van der Waals surface area contributed by atoms with Gasteiger partial charge in [0, 0.05) is 13.0 Å². The minimum atomic E-state index is -2.87. The molecule has 2 rings (SSSR count). The van der Waals surface area contributed by atoms with E-state index in [0.717, 1.165) is 4.90 Å². The quantitative estimate of drug-likeness (QED) is 0.562. The van der Waals surface area contributed by atoms with Gasteiger partial charge in [-0.3, -0.25) is 4.90 Å². The van der Waals surface area contributed by atoms with Crippen LogP contribution in [0.15, 0.2) is 12.2 Å². The van der Waals surface area contributed by atoms with Gasteiger partial charge in [-0.2, -0.15) is 0 Å². The first-order valence-electron chi connectivity index (χ1n) is 4.57. The second kappa shape index (κ2) is 3.22. The van der Waals surface area contributed by atoms with Crippen LogP contribution in [0.3, 0.4) is 0 Å². The third-order valence-corrected chi connectivity index (χ3v) is 2.56. The fourth-order valence-electron chi connectivity index (χ4n) is 1.76. The molecule has 0 N–H and O–H groups in total. The minimum Gasteiger partial charge on any atom is -0.447 e. The number of halogens is 2. The maximum Gasteiger partial charge on any atom is 0.410 e. The molecular formula is C9H11F2NO2. The molecule has 78 valence electrons. The average molecular weight is 203 g/mol. The maximum atomic E-state index is 13.4. The van der Waals surface area contributed by atoms with Crippen molar-refractivity contribution in [1.82, 2.24) is 4.90 Å². The highest BCUT2D eigenvalue weighted by atomic mass is 19.3. The van der Waals surface area contributed by atoms with Gasteiger partial charge in [0.15, 0.2) is 0 Å². The Bertz CT molecular complexity index is 278. The number of hydrogen-bond donors (Lipinski definition) is 0. The van der Waals surface area contributed by atoms with Crippen molar-refractivity contribution in [2.75, 3.05) is 13.2 Å². The maximum absolute atomic E-state index is 13.4. The first-order valence-corrected chi connectivity index (χ1v) is 4.57. The number of hydrogen-bond acceptors (Lipinski definition) is 2. The first-order chi connectivity index (χ1) is 6.61. The smallest absolute Gasteiger partial charge is 0.410 e. The Morgan fingerprint density at radius 1 is 1.50 bits per heavy atom. The molecule has 0 saturated carbocycles. The van der Waals surface area contributed by atoms with E-state index < -0.39 is 18.1 Å². The zero-order valence-corrected chi connectivity index (χ0v) is 7.58. The number of cyclic esters (lactones) is 1. The first kappa shape index (κ1) is 9.43. The van der Waals surface area contributed by atoms with Crippen LogP contribution in [-0.4, -0.2) is 36.1 Å². The van der Waals surface area contributed by atoms with E-state index in [1.807, 2.05) is 0 Å². The molecule has 5 heteroatoms. The number of alkyl halides is 2. The minimum absolute atomic E-state index is 0.195. The summed E-state index contributed by atoms with van der Waals surface area (Å²) in [5, 5.41) is 0. The van der Waals surface area contributed by atoms with E-state index in [1.165, 1.54) is 6.08 Å². The van der Waals surface area contributed by atoms with Crippen molar-refractivity contribution >= 4 is 6.09 Å². The summed E-state index contributed by atoms with van der Waals surface area (Å²) in [6.45, 7) is 0.120. The van der Waals surface area contributed by atoms with Crippen LogP contribution in [0.25, 0.3) is 0 Å². The highest BCUT2D eigenvalue weighted by Gasteiger charge is 2.49. The van der Waals surface area contributed by atoms with Crippen molar-refractivity contribution in [3.8, 4) is 0 Å². The number of rotatable bonds is 0. The Morgan fingerprint density at radius 2 is 2.29 bits per heavy atom. The van der Waals surface area contributed by atoms with Crippen LogP contribution in [0.2, 0.25) is 0 Å². The second-order valence-electron chi connectivity index (χ2n) is 3.51. The van der Waals surface area contributed by atoms with Crippen LogP contribution in [0.5, 0.6) is 0 Å². The van der Waals surface area contributed by atoms with Crippen LogP contribution in [0, 0.1) is 0 Å². The number of carbonyl (C=O) groups excluding carboxylic acids is 1. The monoisotopic (exact) mass is 203 g/mol. The fourth-order valence-corrected chi connectivity index (χ4v) is 1.76. The van der Waals surface area contributed by atoms with Crippen molar-refractivity contribution in [3.05, 3.63) is 12.2 Å². The summed E-state index contributed by atoms with van der Waals surface area (Å²) in [6, 6.07) is -1.08. The highest BCUT2D eigenvalue weighted by Crippen LogP contribution is 2.32. The molecule has 2 heterocycles. The molecule has 0 spiro atoms. The Balaban J connectivity index is 2.24. The van der Waals surface area contributed by atoms with E-state index in [-0.39, 0.29) is 13.0 Å². The summed E-state index contributed by atoms with van der Waals surface area (Å²) in [5.41, 5.74) is 0. The largest absolute Gasteiger partial charge is 0.447 e. The summed E-state index contributed by atoms with van der Waals surface area (Å²) >= 11 is 0. The van der Waals surface area contributed by atoms with Crippen LogP contribution >= 0.6 is 0 Å². The number of allylic oxidation sites excluding steroid dienone is 1. The van der Waals surface area contributed by atoms with Gasteiger partial charge in [0.2, 0.25) is 0 Å². The zero-order chi connectivity index (χ0) is 10.2. The number of carbonyl (C=O) groups is 1. The predicted molar refractivity (Wildman–Crippen MR) is 45.2 cm³/mol. The molecule has 0 aliphatic carbocycles. The van der Waals surface area contributed by atoms with Gasteiger partial charge < -0.3 is 4.74 Å². The van der Waals surface area contributed by atoms with Crippen molar-refractivity contribution in [3.63, 3.8) is 0 Å². The molecule has 1 fully saturated rings. The lowest BCUT2D eigenvalue weighted by molar-refractivity contribution is -0.0592. The van der Waals surface area contributed by atoms with Crippen molar-refractivity contribution in [1.29, 1.82) is 0 Å². The van der Waals surface area contributed by atoms with E-state index in [2.05, 4.69) is 4.74 Å². The molecule has 1 atom stereocenters. The van der Waals surface area contributed by atoms with Crippen LogP contribution in [0.1, 0.15) is 12.8 Å². The number of fused-ring (bicyclic) bond motifs is 1. The number of nitrogens with zero attached hydrogens (tertiary/aromatic N) is 1. The average Bonchev–Trinajstić information content (AvgIpc) is 2.45. The van der Waals surface area contributed by atoms with Gasteiger partial charge >= 0.3 is 6.09 Å². The molecule has 2 aliphatic rings. The molecule has 1 saturated heterocycles. The number of ether oxygens (including phenoxy) is 1. The molecule has 0 unspecified atom stereocenters. The SMILES string of the molecule is O=C1OC[C@H]2N1CC/C=C\CC2(F)F. The zero-order valence-electron chi connectivity index (χ0n) is 7.58. The van der Waals surface area contributed by atoms with Crippen LogP contribution < -0.4 is 0 Å². The molecule has 2 aliphatic heterocycles. The van der Waals surface area contributed by atoms with Crippen LogP contribution in [-0.2, 0) is 4.74 Å². The third kappa shape index (κ3) is 1.47. The van der Waals surface area contributed by atoms with Crippen molar-refractivity contribution in [2.45, 2.75) is 24.8 Å². The summed E-state index contributed by atoms with van der Waals surface area (Å²) in [7, 11) is 0. The third-order valence-electron chi connectivity index (χ3n) is 2.56. The summed E-state index contributed by atoms with van der Waals surface area (Å²) < 4.78 is 31.5. The molecule has 0 radical (unpaired) electrons. The van der Waals surface area contributed by atoms with Crippen molar-refractivity contribution < 1.29 is 18.3 Å². The van der Waals surface area contributed by atoms with E-state index in [0.29, 0.717) is 13.0 Å². The predicted octanol–water partition coefficient (Wildman–Crippen LogP) is 1.79. The molecule has 0 aromatic heterocycles. The van der Waals surface area contributed by atoms with Gasteiger partial charge in [-0.1, -0.05) is 12.2 Å². The topological polar surface area (TPSA) is 29.5 Å². The molecule has 14 heavy (non-hydrogen) atoms. The molecule has 0 aromatic carbocycles. The normalized spacial score (nSPS) is 32.9. The molecular weight excluding hydrogens is 192 g/mol. The van der Waals surface area contributed by atoms with Gasteiger partial charge in [-0.15, -0.1) is 0 Å². The van der Waals surface area contributed by atoms with E-state index in [9.17, 15) is 13.6 Å². The lowest BCUT2D eigenvalue weighted by Crippen LogP contribution is -2.47. The highest BCUT2D eigenvalue weighted by molar-refractivity contribution is 5.70. The van der Waals surface area contributed by atoms with Crippen molar-refractivity contribution in [2.24, 2.45) is 0 Å². The molecule has 0 aromatic rings. The van der Waals surface area contributed by atoms with Gasteiger partial charge in [-0.25, -0.2) is 13.6 Å². The van der Waals surface area contributed by atoms with Gasteiger partial charge in [0.05, 0.1) is 0 Å². The summed E-state index contributed by atoms with van der Waals surface area (Å²) in [4.78, 5) is 12.2. The Morgan fingerprint density at radius 3 is 3.07 bits per heavy atom. The Kier molecular flexibility index (Phi) is 2.17.